The predicted octanol–water partition coefficient (Wildman–Crippen LogP) is 5.81. The number of amides is 1. The third-order valence-corrected chi connectivity index (χ3v) is 5.76. The minimum absolute atomic E-state index is 0.0703. The van der Waals surface area contributed by atoms with Crippen molar-refractivity contribution in [1.29, 1.82) is 0 Å². The van der Waals surface area contributed by atoms with E-state index in [1.165, 1.54) is 16.5 Å². The largest absolute Gasteiger partial charge is 0.451 e. The molecule has 5 rings (SSSR count). The fourth-order valence-corrected chi connectivity index (χ4v) is 4.15. The summed E-state index contributed by atoms with van der Waals surface area (Å²) >= 11 is 6.09. The van der Waals surface area contributed by atoms with Crippen molar-refractivity contribution in [1.82, 2.24) is 9.88 Å². The molecule has 0 saturated heterocycles. The second-order valence-corrected chi connectivity index (χ2v) is 7.61. The average molecular weight is 391 g/mol. The van der Waals surface area contributed by atoms with E-state index in [0.29, 0.717) is 29.5 Å². The maximum Gasteiger partial charge on any atom is 0.290 e. The summed E-state index contributed by atoms with van der Waals surface area (Å²) in [5, 5.41) is 2.75. The number of fused-ring (bicyclic) bond motifs is 2. The van der Waals surface area contributed by atoms with Crippen molar-refractivity contribution in [3.63, 3.8) is 0 Å². The van der Waals surface area contributed by atoms with Gasteiger partial charge in [-0.1, -0.05) is 35.9 Å². The molecule has 4 nitrogen and oxygen atoms in total. The van der Waals surface area contributed by atoms with Crippen molar-refractivity contribution in [3.8, 4) is 0 Å². The molecule has 0 saturated carbocycles. The summed E-state index contributed by atoms with van der Waals surface area (Å²) in [6.45, 7) is 3.15. The van der Waals surface area contributed by atoms with Crippen LogP contribution >= 0.6 is 11.6 Å². The van der Waals surface area contributed by atoms with E-state index in [-0.39, 0.29) is 5.91 Å². The lowest BCUT2D eigenvalue weighted by Crippen LogP contribution is -2.34. The van der Waals surface area contributed by atoms with E-state index in [1.807, 2.05) is 30.0 Å². The van der Waals surface area contributed by atoms with Gasteiger partial charge in [0.1, 0.15) is 5.58 Å². The zero-order valence-corrected chi connectivity index (χ0v) is 16.2. The van der Waals surface area contributed by atoms with Gasteiger partial charge in [0.05, 0.1) is 0 Å². The molecule has 0 radical (unpaired) electrons. The van der Waals surface area contributed by atoms with Crippen LogP contribution in [0.1, 0.15) is 28.1 Å². The topological polar surface area (TPSA) is 49.2 Å². The SMILES string of the molecule is Cc1c(C(=O)N2CC=C(c3c[nH]c4ccccc34)CC2)oc2ccc(Cl)cc12. The Balaban J connectivity index is 1.42. The molecule has 0 atom stereocenters. The molecule has 0 fully saturated rings. The molecule has 5 heteroatoms. The molecule has 0 spiro atoms. The van der Waals surface area contributed by atoms with Gasteiger partial charge in [-0.3, -0.25) is 4.79 Å². The summed E-state index contributed by atoms with van der Waals surface area (Å²) in [5.41, 5.74) is 5.16. The number of rotatable bonds is 2. The first-order chi connectivity index (χ1) is 13.6. The van der Waals surface area contributed by atoms with Crippen LogP contribution in [0.25, 0.3) is 27.4 Å². The van der Waals surface area contributed by atoms with Gasteiger partial charge < -0.3 is 14.3 Å². The summed E-state index contributed by atoms with van der Waals surface area (Å²) < 4.78 is 5.85. The molecule has 1 aliphatic rings. The maximum absolute atomic E-state index is 13.0. The van der Waals surface area contributed by atoms with E-state index in [1.54, 1.807) is 6.07 Å². The Morgan fingerprint density at radius 1 is 1.18 bits per heavy atom. The number of nitrogens with zero attached hydrogens (tertiary/aromatic N) is 1. The van der Waals surface area contributed by atoms with Crippen molar-refractivity contribution in [2.75, 3.05) is 13.1 Å². The van der Waals surface area contributed by atoms with Crippen LogP contribution in [0, 0.1) is 6.92 Å². The number of hydrogen-bond donors (Lipinski definition) is 1. The van der Waals surface area contributed by atoms with Crippen molar-refractivity contribution in [3.05, 3.63) is 76.6 Å². The number of H-pyrrole nitrogens is 1. The Hall–Kier alpha value is -2.98. The Morgan fingerprint density at radius 3 is 2.86 bits per heavy atom. The van der Waals surface area contributed by atoms with E-state index in [9.17, 15) is 4.79 Å². The minimum atomic E-state index is -0.0703. The van der Waals surface area contributed by atoms with Gasteiger partial charge in [-0.25, -0.2) is 0 Å². The molecule has 140 valence electrons. The zero-order chi connectivity index (χ0) is 19.3. The standard InChI is InChI=1S/C23H19ClN2O2/c1-14-18-12-16(24)6-7-21(18)28-22(14)23(27)26-10-8-15(9-11-26)19-13-25-20-5-3-2-4-17(19)20/h2-8,12-13,25H,9-11H2,1H3. The number of aromatic nitrogens is 1. The minimum Gasteiger partial charge on any atom is -0.451 e. The highest BCUT2D eigenvalue weighted by Gasteiger charge is 2.25. The van der Waals surface area contributed by atoms with Gasteiger partial charge in [-0.05, 0) is 43.2 Å². The van der Waals surface area contributed by atoms with E-state index >= 15 is 0 Å². The Kier molecular flexibility index (Phi) is 4.02. The van der Waals surface area contributed by atoms with E-state index < -0.39 is 0 Å². The second kappa shape index (κ2) is 6.57. The van der Waals surface area contributed by atoms with Gasteiger partial charge >= 0.3 is 0 Å². The van der Waals surface area contributed by atoms with Gasteiger partial charge in [-0.2, -0.15) is 0 Å². The average Bonchev–Trinajstić information content (AvgIpc) is 3.29. The quantitative estimate of drug-likeness (QED) is 0.469. The Morgan fingerprint density at radius 2 is 2.04 bits per heavy atom. The van der Waals surface area contributed by atoms with Gasteiger partial charge in [0, 0.05) is 51.7 Å². The number of furan rings is 1. The number of benzene rings is 2. The fourth-order valence-electron chi connectivity index (χ4n) is 3.98. The number of aromatic amines is 1. The summed E-state index contributed by atoms with van der Waals surface area (Å²) in [6.07, 6.45) is 5.02. The molecule has 2 aromatic carbocycles. The van der Waals surface area contributed by atoms with Crippen LogP contribution in [0.15, 0.2) is 59.2 Å². The van der Waals surface area contributed by atoms with Gasteiger partial charge in [-0.15, -0.1) is 0 Å². The number of para-hydroxylation sites is 1. The van der Waals surface area contributed by atoms with E-state index in [2.05, 4.69) is 35.5 Å². The van der Waals surface area contributed by atoms with Crippen LogP contribution in [0.3, 0.4) is 0 Å². The van der Waals surface area contributed by atoms with E-state index in [4.69, 9.17) is 16.0 Å². The highest BCUT2D eigenvalue weighted by atomic mass is 35.5. The van der Waals surface area contributed by atoms with Crippen LogP contribution in [0.4, 0.5) is 0 Å². The normalized spacial score (nSPS) is 14.6. The smallest absolute Gasteiger partial charge is 0.290 e. The van der Waals surface area contributed by atoms with Crippen LogP contribution in [0.5, 0.6) is 0 Å². The first-order valence-corrected chi connectivity index (χ1v) is 9.73. The molecule has 0 unspecified atom stereocenters. The number of hydrogen-bond acceptors (Lipinski definition) is 2. The van der Waals surface area contributed by atoms with Gasteiger partial charge in [0.25, 0.3) is 5.91 Å². The molecule has 1 N–H and O–H groups in total. The number of carbonyl (C=O) groups is 1. The first kappa shape index (κ1) is 17.1. The lowest BCUT2D eigenvalue weighted by Gasteiger charge is -2.26. The third-order valence-electron chi connectivity index (χ3n) is 5.52. The highest BCUT2D eigenvalue weighted by Crippen LogP contribution is 2.32. The predicted molar refractivity (Wildman–Crippen MR) is 113 cm³/mol. The Bertz CT molecular complexity index is 1250. The lowest BCUT2D eigenvalue weighted by atomic mass is 9.98. The maximum atomic E-state index is 13.0. The Labute approximate surface area is 167 Å². The summed E-state index contributed by atoms with van der Waals surface area (Å²) in [6, 6.07) is 13.7. The van der Waals surface area contributed by atoms with Gasteiger partial charge in [0.15, 0.2) is 5.76 Å². The van der Waals surface area contributed by atoms with Crippen LogP contribution in [0.2, 0.25) is 5.02 Å². The van der Waals surface area contributed by atoms with Crippen molar-refractivity contribution < 1.29 is 9.21 Å². The van der Waals surface area contributed by atoms with Crippen LogP contribution in [-0.2, 0) is 0 Å². The van der Waals surface area contributed by atoms with Crippen molar-refractivity contribution in [2.45, 2.75) is 13.3 Å². The third kappa shape index (κ3) is 2.72. The van der Waals surface area contributed by atoms with Gasteiger partial charge in [0.2, 0.25) is 0 Å². The number of aryl methyl sites for hydroxylation is 1. The van der Waals surface area contributed by atoms with Crippen molar-refractivity contribution >= 4 is 45.0 Å². The number of halogens is 1. The molecule has 1 aliphatic heterocycles. The van der Waals surface area contributed by atoms with Crippen LogP contribution in [-0.4, -0.2) is 28.9 Å². The highest BCUT2D eigenvalue weighted by molar-refractivity contribution is 6.31. The van der Waals surface area contributed by atoms with E-state index in [0.717, 1.165) is 22.9 Å². The first-order valence-electron chi connectivity index (χ1n) is 9.35. The number of nitrogens with one attached hydrogen (secondary N) is 1. The lowest BCUT2D eigenvalue weighted by molar-refractivity contribution is 0.0742. The summed E-state index contributed by atoms with van der Waals surface area (Å²) in [4.78, 5) is 18.2. The van der Waals surface area contributed by atoms with Crippen LogP contribution < -0.4 is 0 Å². The fraction of sp³-hybridized carbons (Fsp3) is 0.174. The zero-order valence-electron chi connectivity index (χ0n) is 15.5. The molecular weight excluding hydrogens is 372 g/mol. The molecule has 0 bridgehead atoms. The molecule has 2 aromatic heterocycles. The summed E-state index contributed by atoms with van der Waals surface area (Å²) in [7, 11) is 0. The summed E-state index contributed by atoms with van der Waals surface area (Å²) in [5.74, 6) is 0.334. The molecule has 0 aliphatic carbocycles. The molecule has 1 amide bonds. The molecule has 4 aromatic rings. The second-order valence-electron chi connectivity index (χ2n) is 7.18. The molecule has 28 heavy (non-hydrogen) atoms. The van der Waals surface area contributed by atoms with Crippen molar-refractivity contribution in [2.24, 2.45) is 0 Å². The monoisotopic (exact) mass is 390 g/mol. The number of carbonyl (C=O) groups excluding carboxylic acids is 1. The molecule has 3 heterocycles. The molecular formula is C23H19ClN2O2.